The van der Waals surface area contributed by atoms with Gasteiger partial charge in [0.15, 0.2) is 0 Å². The average molecular weight is 300 g/mol. The Morgan fingerprint density at radius 2 is 2.09 bits per heavy atom. The summed E-state index contributed by atoms with van der Waals surface area (Å²) < 4.78 is 18.3. The van der Waals surface area contributed by atoms with Crippen LogP contribution in [0.2, 0.25) is 0 Å². The number of ether oxygens (including phenoxy) is 1. The van der Waals surface area contributed by atoms with Crippen molar-refractivity contribution in [2.24, 2.45) is 0 Å². The third-order valence-corrected chi connectivity index (χ3v) is 3.68. The minimum atomic E-state index is -0.324. The predicted octanol–water partition coefficient (Wildman–Crippen LogP) is 2.94. The molecule has 0 aromatic carbocycles. The molecule has 22 heavy (non-hydrogen) atoms. The van der Waals surface area contributed by atoms with Gasteiger partial charge in [-0.3, -0.25) is 4.98 Å². The zero-order chi connectivity index (χ0) is 15.5. The van der Waals surface area contributed by atoms with E-state index in [1.54, 1.807) is 19.4 Å². The maximum absolute atomic E-state index is 13.0. The lowest BCUT2D eigenvalue weighted by Crippen LogP contribution is -2.28. The maximum atomic E-state index is 13.0. The first-order valence-corrected chi connectivity index (χ1v) is 7.00. The summed E-state index contributed by atoms with van der Waals surface area (Å²) >= 11 is 0. The van der Waals surface area contributed by atoms with Gasteiger partial charge in [-0.05, 0) is 31.2 Å². The van der Waals surface area contributed by atoms with Crippen LogP contribution in [0.15, 0.2) is 49.1 Å². The summed E-state index contributed by atoms with van der Waals surface area (Å²) in [6.07, 6.45) is 6.90. The number of hydrogen-bond acceptors (Lipinski definition) is 5. The smallest absolute Gasteiger partial charge is 0.237 e. The summed E-state index contributed by atoms with van der Waals surface area (Å²) in [5.41, 5.74) is 1.73. The summed E-state index contributed by atoms with van der Waals surface area (Å²) in [6.45, 7) is 2.69. The van der Waals surface area contributed by atoms with Crippen LogP contribution < -0.4 is 9.64 Å². The van der Waals surface area contributed by atoms with Crippen molar-refractivity contribution in [3.05, 3.63) is 60.6 Å². The first-order chi connectivity index (χ1) is 10.7. The zero-order valence-electron chi connectivity index (χ0n) is 12.5. The van der Waals surface area contributed by atoms with E-state index < -0.39 is 0 Å². The molecule has 0 radical (unpaired) electrons. The van der Waals surface area contributed by atoms with E-state index in [-0.39, 0.29) is 11.9 Å². The molecule has 0 saturated heterocycles. The van der Waals surface area contributed by atoms with Gasteiger partial charge in [0.2, 0.25) is 5.88 Å². The highest BCUT2D eigenvalue weighted by Gasteiger charge is 2.22. The molecule has 114 valence electrons. The molecule has 0 N–H and O–H groups in total. The number of methoxy groups -OCH3 is 1. The van der Waals surface area contributed by atoms with E-state index in [0.29, 0.717) is 12.5 Å². The van der Waals surface area contributed by atoms with Crippen molar-refractivity contribution in [1.82, 2.24) is 14.9 Å². The quantitative estimate of drug-likeness (QED) is 0.868. The van der Waals surface area contributed by atoms with E-state index in [0.717, 1.165) is 11.4 Å². The Hall–Kier alpha value is -2.63. The Balaban J connectivity index is 1.75. The Labute approximate surface area is 128 Å². The van der Waals surface area contributed by atoms with Gasteiger partial charge in [0.05, 0.1) is 31.7 Å². The lowest BCUT2D eigenvalue weighted by atomic mass is 10.2. The molecule has 0 spiro atoms. The minimum absolute atomic E-state index is 0.0458. The zero-order valence-corrected chi connectivity index (χ0v) is 12.5. The van der Waals surface area contributed by atoms with E-state index in [1.807, 2.05) is 36.4 Å². The van der Waals surface area contributed by atoms with Crippen molar-refractivity contribution in [2.75, 3.05) is 18.7 Å². The molecule has 5 nitrogen and oxygen atoms in total. The van der Waals surface area contributed by atoms with Crippen molar-refractivity contribution in [3.63, 3.8) is 0 Å². The lowest BCUT2D eigenvalue weighted by molar-refractivity contribution is 0.315. The van der Waals surface area contributed by atoms with Gasteiger partial charge in [0, 0.05) is 18.6 Å². The minimum Gasteiger partial charge on any atom is -0.480 e. The molecule has 0 saturated carbocycles. The molecule has 2 aromatic rings. The number of pyridine rings is 2. The molecule has 3 rings (SSSR count). The number of halogens is 1. The van der Waals surface area contributed by atoms with E-state index in [4.69, 9.17) is 4.74 Å². The van der Waals surface area contributed by atoms with Crippen LogP contribution in [0.3, 0.4) is 0 Å². The Bertz CT molecular complexity index is 674. The highest BCUT2D eigenvalue weighted by molar-refractivity contribution is 5.57. The first-order valence-electron chi connectivity index (χ1n) is 7.00. The van der Waals surface area contributed by atoms with Crippen molar-refractivity contribution in [2.45, 2.75) is 13.0 Å². The molecule has 0 fully saturated rings. The van der Waals surface area contributed by atoms with Gasteiger partial charge in [0.25, 0.3) is 0 Å². The fraction of sp³-hybridized carbons (Fsp3) is 0.250. The van der Waals surface area contributed by atoms with Crippen LogP contribution in [-0.2, 0) is 0 Å². The largest absolute Gasteiger partial charge is 0.480 e. The molecule has 2 aromatic heterocycles. The summed E-state index contributed by atoms with van der Waals surface area (Å²) in [4.78, 5) is 12.5. The second-order valence-corrected chi connectivity index (χ2v) is 5.03. The molecule has 6 heteroatoms. The molecular formula is C16H17FN4O. The Morgan fingerprint density at radius 1 is 1.23 bits per heavy atom. The van der Waals surface area contributed by atoms with Crippen molar-refractivity contribution in [1.29, 1.82) is 0 Å². The number of aromatic nitrogens is 2. The molecule has 1 aliphatic rings. The highest BCUT2D eigenvalue weighted by Crippen LogP contribution is 2.30. The summed E-state index contributed by atoms with van der Waals surface area (Å²) in [5, 5.41) is 0. The first kappa shape index (κ1) is 14.3. The summed E-state index contributed by atoms with van der Waals surface area (Å²) in [6, 6.07) is 7.02. The fourth-order valence-corrected chi connectivity index (χ4v) is 2.41. The van der Waals surface area contributed by atoms with E-state index in [2.05, 4.69) is 14.9 Å². The van der Waals surface area contributed by atoms with Crippen LogP contribution in [0.4, 0.5) is 10.1 Å². The van der Waals surface area contributed by atoms with E-state index in [1.165, 1.54) is 12.3 Å². The third kappa shape index (κ3) is 2.72. The van der Waals surface area contributed by atoms with Gasteiger partial charge in [-0.25, -0.2) is 9.37 Å². The molecule has 3 heterocycles. The van der Waals surface area contributed by atoms with Gasteiger partial charge in [-0.2, -0.15) is 0 Å². The van der Waals surface area contributed by atoms with Gasteiger partial charge in [0.1, 0.15) is 11.5 Å². The monoisotopic (exact) mass is 300 g/mol. The Morgan fingerprint density at radius 3 is 2.82 bits per heavy atom. The van der Waals surface area contributed by atoms with Crippen LogP contribution in [0.1, 0.15) is 18.7 Å². The predicted molar refractivity (Wildman–Crippen MR) is 81.7 cm³/mol. The van der Waals surface area contributed by atoms with Gasteiger partial charge >= 0.3 is 0 Å². The standard InChI is InChI=1S/C16H17FN4O/c1-12(14-6-5-13(17)10-19-14)20-8-9-21(11-20)15-4-3-7-18-16(15)22-2/h3-10,12H,11H2,1-2H3/t12-/m0/s1. The van der Waals surface area contributed by atoms with Crippen molar-refractivity contribution < 1.29 is 9.13 Å². The molecule has 0 bridgehead atoms. The number of anilines is 1. The molecule has 1 aliphatic heterocycles. The van der Waals surface area contributed by atoms with Gasteiger partial charge < -0.3 is 14.5 Å². The van der Waals surface area contributed by atoms with Crippen molar-refractivity contribution >= 4 is 5.69 Å². The second-order valence-electron chi connectivity index (χ2n) is 5.03. The fourth-order valence-electron chi connectivity index (χ4n) is 2.41. The number of nitrogens with zero attached hydrogens (tertiary/aromatic N) is 4. The molecule has 0 amide bonds. The summed E-state index contributed by atoms with van der Waals surface area (Å²) in [5.74, 6) is 0.260. The van der Waals surface area contributed by atoms with Crippen molar-refractivity contribution in [3.8, 4) is 5.88 Å². The van der Waals surface area contributed by atoms with Crippen LogP contribution in [0.5, 0.6) is 5.88 Å². The van der Waals surface area contributed by atoms with Gasteiger partial charge in [-0.15, -0.1) is 0 Å². The highest BCUT2D eigenvalue weighted by atomic mass is 19.1. The molecular weight excluding hydrogens is 283 g/mol. The van der Waals surface area contributed by atoms with Crippen LogP contribution >= 0.6 is 0 Å². The van der Waals surface area contributed by atoms with Crippen LogP contribution in [0, 0.1) is 5.82 Å². The second kappa shape index (κ2) is 6.01. The van der Waals surface area contributed by atoms with Crippen LogP contribution in [0.25, 0.3) is 0 Å². The van der Waals surface area contributed by atoms with E-state index >= 15 is 0 Å². The van der Waals surface area contributed by atoms with Gasteiger partial charge in [-0.1, -0.05) is 0 Å². The maximum Gasteiger partial charge on any atom is 0.237 e. The third-order valence-electron chi connectivity index (χ3n) is 3.68. The number of rotatable bonds is 4. The number of hydrogen-bond donors (Lipinski definition) is 0. The lowest BCUT2D eigenvalue weighted by Gasteiger charge is -2.27. The Kier molecular flexibility index (Phi) is 3.91. The molecule has 0 unspecified atom stereocenters. The van der Waals surface area contributed by atoms with E-state index in [9.17, 15) is 4.39 Å². The average Bonchev–Trinajstić information content (AvgIpc) is 3.04. The normalized spacial score (nSPS) is 15.2. The van der Waals surface area contributed by atoms with Crippen LogP contribution in [-0.4, -0.2) is 28.6 Å². The molecule has 0 aliphatic carbocycles. The molecule has 1 atom stereocenters. The topological polar surface area (TPSA) is 41.5 Å². The SMILES string of the molecule is COc1ncccc1N1C=CN([C@@H](C)c2ccc(F)cn2)C1. The summed E-state index contributed by atoms with van der Waals surface area (Å²) in [7, 11) is 1.61.